The maximum atomic E-state index is 5.79. The molecule has 0 amide bonds. The van der Waals surface area contributed by atoms with Gasteiger partial charge in [-0.3, -0.25) is 0 Å². The molecule has 1 aromatic rings. The minimum Gasteiger partial charge on any atom is -0.378 e. The van der Waals surface area contributed by atoms with Crippen molar-refractivity contribution >= 4 is 0 Å². The van der Waals surface area contributed by atoms with Crippen LogP contribution in [0.15, 0.2) is 18.5 Å². The van der Waals surface area contributed by atoms with Crippen molar-refractivity contribution < 1.29 is 4.74 Å². The van der Waals surface area contributed by atoms with Crippen LogP contribution in [0.4, 0.5) is 0 Å². The van der Waals surface area contributed by atoms with Crippen LogP contribution in [0.3, 0.4) is 0 Å². The predicted octanol–water partition coefficient (Wildman–Crippen LogP) is 2.45. The van der Waals surface area contributed by atoms with Crippen LogP contribution in [-0.2, 0) is 11.3 Å². The molecule has 90 valence electrons. The normalized spacial score (nSPS) is 17.0. The number of rotatable bonds is 7. The minimum absolute atomic E-state index is 0.560. The molecule has 0 radical (unpaired) electrons. The van der Waals surface area contributed by atoms with Crippen LogP contribution in [-0.4, -0.2) is 24.2 Å². The summed E-state index contributed by atoms with van der Waals surface area (Å²) in [6.45, 7) is 2.90. The Labute approximate surface area is 97.6 Å². The van der Waals surface area contributed by atoms with Gasteiger partial charge in [0.1, 0.15) is 0 Å². The average molecular weight is 222 g/mol. The molecule has 0 aliphatic heterocycles. The monoisotopic (exact) mass is 222 g/mol. The molecule has 3 heteroatoms. The Kier molecular flexibility index (Phi) is 4.90. The van der Waals surface area contributed by atoms with Gasteiger partial charge in [0, 0.05) is 25.5 Å². The molecular weight excluding hydrogens is 200 g/mol. The maximum absolute atomic E-state index is 5.79. The lowest BCUT2D eigenvalue weighted by molar-refractivity contribution is 0.0568. The zero-order valence-electron chi connectivity index (χ0n) is 9.87. The van der Waals surface area contributed by atoms with Crippen molar-refractivity contribution in [1.82, 2.24) is 10.3 Å². The summed E-state index contributed by atoms with van der Waals surface area (Å²) in [5, 5.41) is 3.41. The smallest absolute Gasteiger partial charge is 0.0575 e. The standard InChI is InChI=1S/C13H22N2O/c1-2-5-13(4-1)16-9-3-7-14-10-12-6-8-15-11-12/h6,8,11,13-15H,1-5,7,9-10H2. The minimum atomic E-state index is 0.560. The predicted molar refractivity (Wildman–Crippen MR) is 65.3 cm³/mol. The molecule has 16 heavy (non-hydrogen) atoms. The molecular formula is C13H22N2O. The van der Waals surface area contributed by atoms with Crippen LogP contribution in [0.1, 0.15) is 37.7 Å². The van der Waals surface area contributed by atoms with Crippen LogP contribution in [0.5, 0.6) is 0 Å². The van der Waals surface area contributed by atoms with Gasteiger partial charge < -0.3 is 15.0 Å². The van der Waals surface area contributed by atoms with Crippen molar-refractivity contribution in [1.29, 1.82) is 0 Å². The molecule has 0 spiro atoms. The summed E-state index contributed by atoms with van der Waals surface area (Å²) in [6.07, 6.45) is 10.9. The number of aromatic amines is 1. The largest absolute Gasteiger partial charge is 0.378 e. The number of nitrogens with one attached hydrogen (secondary N) is 2. The lowest BCUT2D eigenvalue weighted by Crippen LogP contribution is -2.17. The highest BCUT2D eigenvalue weighted by Gasteiger charge is 2.14. The second kappa shape index (κ2) is 6.71. The highest BCUT2D eigenvalue weighted by molar-refractivity contribution is 5.07. The first-order chi connectivity index (χ1) is 7.95. The Morgan fingerprint density at radius 2 is 2.25 bits per heavy atom. The Morgan fingerprint density at radius 3 is 3.00 bits per heavy atom. The lowest BCUT2D eigenvalue weighted by atomic mass is 10.3. The van der Waals surface area contributed by atoms with Crippen molar-refractivity contribution in [3.05, 3.63) is 24.0 Å². The molecule has 1 aromatic heterocycles. The van der Waals surface area contributed by atoms with Gasteiger partial charge in [0.15, 0.2) is 0 Å². The van der Waals surface area contributed by atoms with E-state index in [4.69, 9.17) is 4.74 Å². The van der Waals surface area contributed by atoms with Crippen LogP contribution < -0.4 is 5.32 Å². The Hall–Kier alpha value is -0.800. The molecule has 3 nitrogen and oxygen atoms in total. The van der Waals surface area contributed by atoms with E-state index in [-0.39, 0.29) is 0 Å². The molecule has 0 aromatic carbocycles. The van der Waals surface area contributed by atoms with E-state index in [1.807, 2.05) is 12.4 Å². The van der Waals surface area contributed by atoms with E-state index in [0.717, 1.165) is 26.1 Å². The molecule has 0 unspecified atom stereocenters. The summed E-state index contributed by atoms with van der Waals surface area (Å²) in [5.74, 6) is 0. The third-order valence-electron chi connectivity index (χ3n) is 3.15. The fraction of sp³-hybridized carbons (Fsp3) is 0.692. The second-order valence-electron chi connectivity index (χ2n) is 4.53. The first-order valence-electron chi connectivity index (χ1n) is 6.39. The second-order valence-corrected chi connectivity index (χ2v) is 4.53. The molecule has 1 fully saturated rings. The van der Waals surface area contributed by atoms with Crippen LogP contribution >= 0.6 is 0 Å². The molecule has 1 saturated carbocycles. The zero-order valence-corrected chi connectivity index (χ0v) is 9.87. The SMILES string of the molecule is c1cc(CNCCCOC2CCCC2)c[nH]1. The molecule has 0 atom stereocenters. The highest BCUT2D eigenvalue weighted by atomic mass is 16.5. The van der Waals surface area contributed by atoms with Crippen molar-refractivity contribution in [3.8, 4) is 0 Å². The summed E-state index contributed by atoms with van der Waals surface area (Å²) >= 11 is 0. The maximum Gasteiger partial charge on any atom is 0.0575 e. The van der Waals surface area contributed by atoms with Crippen molar-refractivity contribution in [2.24, 2.45) is 0 Å². The number of hydrogen-bond acceptors (Lipinski definition) is 2. The summed E-state index contributed by atoms with van der Waals surface area (Å²) in [7, 11) is 0. The van der Waals surface area contributed by atoms with E-state index in [9.17, 15) is 0 Å². The van der Waals surface area contributed by atoms with E-state index in [2.05, 4.69) is 16.4 Å². The molecule has 0 bridgehead atoms. The van der Waals surface area contributed by atoms with E-state index in [0.29, 0.717) is 6.10 Å². The van der Waals surface area contributed by atoms with Crippen molar-refractivity contribution in [2.45, 2.75) is 44.8 Å². The van der Waals surface area contributed by atoms with Crippen molar-refractivity contribution in [3.63, 3.8) is 0 Å². The van der Waals surface area contributed by atoms with Crippen molar-refractivity contribution in [2.75, 3.05) is 13.2 Å². The number of aromatic nitrogens is 1. The van der Waals surface area contributed by atoms with Gasteiger partial charge in [-0.15, -0.1) is 0 Å². The molecule has 1 heterocycles. The third-order valence-corrected chi connectivity index (χ3v) is 3.15. The first kappa shape index (κ1) is 11.7. The molecule has 1 aliphatic carbocycles. The summed E-state index contributed by atoms with van der Waals surface area (Å²) in [4.78, 5) is 3.05. The van der Waals surface area contributed by atoms with E-state index < -0.39 is 0 Å². The summed E-state index contributed by atoms with van der Waals surface area (Å²) in [6, 6.07) is 2.10. The van der Waals surface area contributed by atoms with E-state index >= 15 is 0 Å². The third kappa shape index (κ3) is 3.99. The van der Waals surface area contributed by atoms with Crippen LogP contribution in [0.2, 0.25) is 0 Å². The van der Waals surface area contributed by atoms with Gasteiger partial charge in [0.05, 0.1) is 6.10 Å². The number of hydrogen-bond donors (Lipinski definition) is 2. The van der Waals surface area contributed by atoms with Gasteiger partial charge in [-0.05, 0) is 37.4 Å². The number of H-pyrrole nitrogens is 1. The Balaban J connectivity index is 1.43. The van der Waals surface area contributed by atoms with Gasteiger partial charge in [0.25, 0.3) is 0 Å². The molecule has 2 rings (SSSR count). The summed E-state index contributed by atoms with van der Waals surface area (Å²) < 4.78 is 5.79. The molecule has 1 aliphatic rings. The van der Waals surface area contributed by atoms with Gasteiger partial charge in [-0.2, -0.15) is 0 Å². The highest BCUT2D eigenvalue weighted by Crippen LogP contribution is 2.20. The Morgan fingerprint density at radius 1 is 1.38 bits per heavy atom. The first-order valence-corrected chi connectivity index (χ1v) is 6.39. The van der Waals surface area contributed by atoms with Gasteiger partial charge in [0.2, 0.25) is 0 Å². The van der Waals surface area contributed by atoms with Gasteiger partial charge >= 0.3 is 0 Å². The van der Waals surface area contributed by atoms with E-state index in [1.54, 1.807) is 0 Å². The van der Waals surface area contributed by atoms with Crippen LogP contribution in [0, 0.1) is 0 Å². The zero-order chi connectivity index (χ0) is 11.1. The van der Waals surface area contributed by atoms with Gasteiger partial charge in [-0.25, -0.2) is 0 Å². The Bertz CT molecular complexity index is 265. The quantitative estimate of drug-likeness (QED) is 0.695. The lowest BCUT2D eigenvalue weighted by Gasteiger charge is -2.10. The average Bonchev–Trinajstić information content (AvgIpc) is 2.96. The topological polar surface area (TPSA) is 37.0 Å². The molecule has 2 N–H and O–H groups in total. The van der Waals surface area contributed by atoms with E-state index in [1.165, 1.54) is 31.2 Å². The molecule has 0 saturated heterocycles. The number of ether oxygens (including phenoxy) is 1. The van der Waals surface area contributed by atoms with Crippen LogP contribution in [0.25, 0.3) is 0 Å². The fourth-order valence-electron chi connectivity index (χ4n) is 2.20. The van der Waals surface area contributed by atoms with Gasteiger partial charge in [-0.1, -0.05) is 12.8 Å². The summed E-state index contributed by atoms with van der Waals surface area (Å²) in [5.41, 5.74) is 1.32. The fourth-order valence-corrected chi connectivity index (χ4v) is 2.20.